The van der Waals surface area contributed by atoms with Crippen LogP contribution in [0.25, 0.3) is 0 Å². The minimum absolute atomic E-state index is 0.0798. The number of carbonyl (C=O) groups is 1. The molecular formula is C24H29ClFN5O4. The first-order chi connectivity index (χ1) is 16.5. The number of hydrogen-bond acceptors (Lipinski definition) is 8. The van der Waals surface area contributed by atoms with Gasteiger partial charge < -0.3 is 29.8 Å². The first kappa shape index (κ1) is 25.1. The highest BCUT2D eigenvalue weighted by atomic mass is 35.5. The van der Waals surface area contributed by atoms with Crippen LogP contribution in [-0.4, -0.2) is 64.7 Å². The van der Waals surface area contributed by atoms with E-state index in [-0.39, 0.29) is 35.7 Å². The number of likely N-dealkylation sites (tertiary alicyclic amines) is 1. The van der Waals surface area contributed by atoms with Crippen molar-refractivity contribution in [2.24, 2.45) is 11.8 Å². The first-order valence-corrected chi connectivity index (χ1v) is 11.7. The number of fused-ring (bicyclic) bond motifs is 2. The van der Waals surface area contributed by atoms with Crippen molar-refractivity contribution in [3.8, 4) is 5.88 Å². The molecule has 35 heavy (non-hydrogen) atoms. The summed E-state index contributed by atoms with van der Waals surface area (Å²) in [6.45, 7) is 8.65. The molecule has 2 aliphatic heterocycles. The maximum Gasteiger partial charge on any atom is 0.410 e. The molecule has 2 fully saturated rings. The third-order valence-electron chi connectivity index (χ3n) is 5.81. The number of aromatic nitrogens is 2. The average molecular weight is 506 g/mol. The van der Waals surface area contributed by atoms with Gasteiger partial charge in [0.2, 0.25) is 5.82 Å². The van der Waals surface area contributed by atoms with Gasteiger partial charge in [-0.2, -0.15) is 9.37 Å². The molecule has 188 valence electrons. The van der Waals surface area contributed by atoms with Crippen molar-refractivity contribution >= 4 is 34.9 Å². The van der Waals surface area contributed by atoms with E-state index in [1.54, 1.807) is 30.0 Å². The van der Waals surface area contributed by atoms with Crippen molar-refractivity contribution in [3.05, 3.63) is 40.9 Å². The summed E-state index contributed by atoms with van der Waals surface area (Å²) in [4.78, 5) is 22.2. The predicted molar refractivity (Wildman–Crippen MR) is 129 cm³/mol. The fourth-order valence-electron chi connectivity index (χ4n) is 4.20. The molecular weight excluding hydrogens is 477 g/mol. The van der Waals surface area contributed by atoms with Crippen LogP contribution in [0.15, 0.2) is 24.5 Å². The minimum Gasteiger partial charge on any atom is -0.471 e. The van der Waals surface area contributed by atoms with E-state index >= 15 is 4.39 Å². The number of nitrogens with one attached hydrogen (secondary N) is 2. The Balaban J connectivity index is 1.49. The van der Waals surface area contributed by atoms with Crippen LogP contribution >= 0.6 is 11.6 Å². The fraction of sp³-hybridized carbons (Fsp3) is 0.500. The Labute approximate surface area is 208 Å². The lowest BCUT2D eigenvalue weighted by Gasteiger charge is -2.46. The van der Waals surface area contributed by atoms with E-state index in [0.717, 1.165) is 0 Å². The Kier molecular flexibility index (Phi) is 7.14. The second-order valence-electron chi connectivity index (χ2n) is 9.81. The number of hydrogen-bond donors (Lipinski definition) is 2. The number of halogens is 2. The Morgan fingerprint density at radius 3 is 2.54 bits per heavy atom. The van der Waals surface area contributed by atoms with E-state index in [2.05, 4.69) is 15.3 Å². The predicted octanol–water partition coefficient (Wildman–Crippen LogP) is 4.66. The SMILES string of the molecule is CC(=N)c1ccc(Nc2ncnc(OC3C4COCC3CN(C(=O)OC(C)(C)C)C4)c2F)c(Cl)c1. The lowest BCUT2D eigenvalue weighted by Crippen LogP contribution is -2.59. The van der Waals surface area contributed by atoms with Gasteiger partial charge in [0.25, 0.3) is 5.88 Å². The lowest BCUT2D eigenvalue weighted by atomic mass is 9.84. The zero-order chi connectivity index (χ0) is 25.3. The molecule has 9 nitrogen and oxygen atoms in total. The smallest absolute Gasteiger partial charge is 0.410 e. The number of rotatable bonds is 5. The molecule has 0 radical (unpaired) electrons. The van der Waals surface area contributed by atoms with Crippen LogP contribution in [0, 0.1) is 23.1 Å². The summed E-state index contributed by atoms with van der Waals surface area (Å²) in [6, 6.07) is 5.00. The van der Waals surface area contributed by atoms with Gasteiger partial charge in [0.15, 0.2) is 5.82 Å². The molecule has 2 aromatic rings. The highest BCUT2D eigenvalue weighted by Gasteiger charge is 2.44. The van der Waals surface area contributed by atoms with Crippen LogP contribution in [-0.2, 0) is 9.47 Å². The third-order valence-corrected chi connectivity index (χ3v) is 6.13. The molecule has 0 saturated carbocycles. The molecule has 2 N–H and O–H groups in total. The summed E-state index contributed by atoms with van der Waals surface area (Å²) < 4.78 is 32.6. The maximum absolute atomic E-state index is 15.3. The number of carbonyl (C=O) groups excluding carboxylic acids is 1. The van der Waals surface area contributed by atoms with Gasteiger partial charge in [-0.25, -0.2) is 9.78 Å². The zero-order valence-electron chi connectivity index (χ0n) is 20.1. The molecule has 1 amide bonds. The number of piperidine rings is 1. The van der Waals surface area contributed by atoms with Crippen LogP contribution in [0.1, 0.15) is 33.3 Å². The summed E-state index contributed by atoms with van der Waals surface area (Å²) >= 11 is 6.30. The molecule has 3 heterocycles. The average Bonchev–Trinajstić information content (AvgIpc) is 2.76. The highest BCUT2D eigenvalue weighted by Crippen LogP contribution is 2.34. The summed E-state index contributed by atoms with van der Waals surface area (Å²) in [5, 5.41) is 10.9. The molecule has 1 aromatic carbocycles. The standard InChI is InChI=1S/C24H29ClFN5O4/c1-13(27)14-5-6-18(17(25)7-14)30-21-19(26)22(29-12-28-21)34-20-15-8-31(9-16(20)11-33-10-15)23(32)35-24(2,3)4/h5-7,12,15-16,20,27H,8-11H2,1-4H3,(H,28,29,30). The van der Waals surface area contributed by atoms with Crippen molar-refractivity contribution in [3.63, 3.8) is 0 Å². The zero-order valence-corrected chi connectivity index (χ0v) is 20.9. The quantitative estimate of drug-likeness (QED) is 0.568. The third kappa shape index (κ3) is 5.82. The van der Waals surface area contributed by atoms with E-state index in [4.69, 9.17) is 31.2 Å². The van der Waals surface area contributed by atoms with Crippen LogP contribution < -0.4 is 10.1 Å². The van der Waals surface area contributed by atoms with Crippen molar-refractivity contribution in [2.45, 2.75) is 39.4 Å². The number of anilines is 2. The second kappa shape index (κ2) is 9.94. The van der Waals surface area contributed by atoms with Gasteiger partial charge in [0, 0.05) is 30.6 Å². The monoisotopic (exact) mass is 505 g/mol. The van der Waals surface area contributed by atoms with Crippen molar-refractivity contribution in [2.75, 3.05) is 31.6 Å². The molecule has 2 saturated heterocycles. The maximum atomic E-state index is 15.3. The Morgan fingerprint density at radius 2 is 1.94 bits per heavy atom. The Morgan fingerprint density at radius 1 is 1.26 bits per heavy atom. The van der Waals surface area contributed by atoms with Gasteiger partial charge in [0.1, 0.15) is 18.0 Å². The van der Waals surface area contributed by atoms with Gasteiger partial charge in [-0.15, -0.1) is 0 Å². The number of nitrogens with zero attached hydrogens (tertiary/aromatic N) is 3. The normalized spacial score (nSPS) is 21.9. The lowest BCUT2D eigenvalue weighted by molar-refractivity contribution is -0.114. The van der Waals surface area contributed by atoms with E-state index in [1.807, 2.05) is 20.8 Å². The van der Waals surface area contributed by atoms with E-state index < -0.39 is 11.4 Å². The van der Waals surface area contributed by atoms with Gasteiger partial charge in [-0.1, -0.05) is 17.7 Å². The summed E-state index contributed by atoms with van der Waals surface area (Å²) in [7, 11) is 0. The van der Waals surface area contributed by atoms with E-state index in [9.17, 15) is 4.79 Å². The fourth-order valence-corrected chi connectivity index (χ4v) is 4.42. The molecule has 1 aromatic heterocycles. The first-order valence-electron chi connectivity index (χ1n) is 11.4. The molecule has 2 bridgehead atoms. The van der Waals surface area contributed by atoms with Crippen molar-refractivity contribution in [1.82, 2.24) is 14.9 Å². The van der Waals surface area contributed by atoms with Gasteiger partial charge >= 0.3 is 6.09 Å². The Bertz CT molecular complexity index is 1110. The topological polar surface area (TPSA) is 110 Å². The van der Waals surface area contributed by atoms with Crippen LogP contribution in [0.2, 0.25) is 5.02 Å². The second-order valence-corrected chi connectivity index (χ2v) is 10.2. The molecule has 2 unspecified atom stereocenters. The number of benzene rings is 1. The largest absolute Gasteiger partial charge is 0.471 e. The van der Waals surface area contributed by atoms with Gasteiger partial charge in [-0.05, 0) is 45.4 Å². The molecule has 2 aliphatic rings. The van der Waals surface area contributed by atoms with Crippen molar-refractivity contribution < 1.29 is 23.4 Å². The Hall–Kier alpha value is -2.98. The molecule has 0 spiro atoms. The van der Waals surface area contributed by atoms with Crippen molar-refractivity contribution in [1.29, 1.82) is 5.41 Å². The van der Waals surface area contributed by atoms with Crippen LogP contribution in [0.4, 0.5) is 20.7 Å². The minimum atomic E-state index is -0.746. The molecule has 2 atom stereocenters. The molecule has 0 aliphatic carbocycles. The highest BCUT2D eigenvalue weighted by molar-refractivity contribution is 6.33. The number of ether oxygens (including phenoxy) is 3. The van der Waals surface area contributed by atoms with Crippen LogP contribution in [0.3, 0.4) is 0 Å². The summed E-state index contributed by atoms with van der Waals surface area (Å²) in [6.07, 6.45) is 0.458. The van der Waals surface area contributed by atoms with E-state index in [1.165, 1.54) is 6.33 Å². The number of amides is 1. The summed E-state index contributed by atoms with van der Waals surface area (Å²) in [5.41, 5.74) is 0.885. The van der Waals surface area contributed by atoms with E-state index in [0.29, 0.717) is 48.3 Å². The van der Waals surface area contributed by atoms with Crippen LogP contribution in [0.5, 0.6) is 5.88 Å². The van der Waals surface area contributed by atoms with Gasteiger partial charge in [-0.3, -0.25) is 0 Å². The molecule has 4 rings (SSSR count). The van der Waals surface area contributed by atoms with Gasteiger partial charge in [0.05, 0.1) is 23.9 Å². The summed E-state index contributed by atoms with van der Waals surface area (Å²) in [5.74, 6) is -1.33. The molecule has 11 heteroatoms.